The molecule has 0 bridgehead atoms. The largest absolute Gasteiger partial charge is 0.433 e. The average molecular weight is 361 g/mol. The summed E-state index contributed by atoms with van der Waals surface area (Å²) in [6.07, 6.45) is -0.491. The van der Waals surface area contributed by atoms with Crippen molar-refractivity contribution in [3.8, 4) is 10.6 Å². The predicted octanol–water partition coefficient (Wildman–Crippen LogP) is 4.11. The molecular formula is C14H14F3N3OS2. The highest BCUT2D eigenvalue weighted by atomic mass is 32.2. The van der Waals surface area contributed by atoms with Crippen molar-refractivity contribution in [1.82, 2.24) is 9.97 Å². The zero-order valence-corrected chi connectivity index (χ0v) is 14.2. The molecule has 2 aromatic rings. The van der Waals surface area contributed by atoms with Crippen LogP contribution in [0, 0.1) is 0 Å². The van der Waals surface area contributed by atoms with E-state index in [0.717, 1.165) is 12.3 Å². The molecule has 2 heterocycles. The number of hydrogen-bond donors (Lipinski definition) is 0. The SMILES string of the molecule is CC(C)(C)S(=O)N=Cc1cnc(-c2ccnc(C(F)(F)F)c2)s1. The molecule has 0 amide bonds. The van der Waals surface area contributed by atoms with E-state index in [1.807, 2.05) is 0 Å². The smallest absolute Gasteiger partial charge is 0.252 e. The van der Waals surface area contributed by atoms with E-state index in [9.17, 15) is 17.4 Å². The quantitative estimate of drug-likeness (QED) is 0.773. The second-order valence-electron chi connectivity index (χ2n) is 5.59. The summed E-state index contributed by atoms with van der Waals surface area (Å²) in [7, 11) is -1.40. The van der Waals surface area contributed by atoms with E-state index in [4.69, 9.17) is 0 Å². The predicted molar refractivity (Wildman–Crippen MR) is 85.8 cm³/mol. The van der Waals surface area contributed by atoms with Crippen LogP contribution in [0.2, 0.25) is 0 Å². The Bertz CT molecular complexity index is 748. The highest BCUT2D eigenvalue weighted by molar-refractivity contribution is 7.85. The molecule has 1 unspecified atom stereocenters. The van der Waals surface area contributed by atoms with E-state index < -0.39 is 27.6 Å². The van der Waals surface area contributed by atoms with E-state index in [0.29, 0.717) is 15.4 Å². The van der Waals surface area contributed by atoms with Crippen LogP contribution in [0.3, 0.4) is 0 Å². The lowest BCUT2D eigenvalue weighted by Gasteiger charge is -2.12. The highest BCUT2D eigenvalue weighted by Crippen LogP contribution is 2.31. The first kappa shape index (κ1) is 17.7. The summed E-state index contributed by atoms with van der Waals surface area (Å²) < 4.78 is 53.3. The summed E-state index contributed by atoms with van der Waals surface area (Å²) in [6, 6.07) is 2.41. The lowest BCUT2D eigenvalue weighted by atomic mass is 10.2. The second kappa shape index (κ2) is 6.48. The van der Waals surface area contributed by atoms with Gasteiger partial charge in [-0.05, 0) is 32.9 Å². The van der Waals surface area contributed by atoms with Gasteiger partial charge < -0.3 is 0 Å². The second-order valence-corrected chi connectivity index (χ2v) is 8.59. The van der Waals surface area contributed by atoms with Crippen molar-refractivity contribution in [1.29, 1.82) is 0 Å². The zero-order chi connectivity index (χ0) is 17.3. The lowest BCUT2D eigenvalue weighted by molar-refractivity contribution is -0.141. The van der Waals surface area contributed by atoms with Gasteiger partial charge in [-0.1, -0.05) is 0 Å². The minimum atomic E-state index is -4.50. The number of halogens is 3. The summed E-state index contributed by atoms with van der Waals surface area (Å²) in [5.41, 5.74) is -0.636. The minimum absolute atomic E-state index is 0.328. The summed E-state index contributed by atoms with van der Waals surface area (Å²) in [5.74, 6) is 0. The molecule has 0 N–H and O–H groups in total. The monoisotopic (exact) mass is 361 g/mol. The van der Waals surface area contributed by atoms with Crippen LogP contribution in [-0.2, 0) is 17.2 Å². The number of aromatic nitrogens is 2. The molecule has 1 atom stereocenters. The third kappa shape index (κ3) is 4.68. The molecule has 2 aromatic heterocycles. The van der Waals surface area contributed by atoms with Gasteiger partial charge in [0.15, 0.2) is 0 Å². The fourth-order valence-corrected chi connectivity index (χ4v) is 2.83. The van der Waals surface area contributed by atoms with Gasteiger partial charge in [-0.15, -0.1) is 11.3 Å². The van der Waals surface area contributed by atoms with Crippen LogP contribution in [-0.4, -0.2) is 25.1 Å². The maximum Gasteiger partial charge on any atom is 0.433 e. The van der Waals surface area contributed by atoms with Crippen molar-refractivity contribution in [2.24, 2.45) is 4.40 Å². The van der Waals surface area contributed by atoms with Gasteiger partial charge in [0, 0.05) is 18.0 Å². The van der Waals surface area contributed by atoms with Gasteiger partial charge in [0.1, 0.15) is 21.7 Å². The van der Waals surface area contributed by atoms with Crippen molar-refractivity contribution in [2.75, 3.05) is 0 Å². The van der Waals surface area contributed by atoms with Crippen molar-refractivity contribution in [2.45, 2.75) is 31.7 Å². The fraction of sp³-hybridized carbons (Fsp3) is 0.357. The van der Waals surface area contributed by atoms with E-state index in [2.05, 4.69) is 14.4 Å². The van der Waals surface area contributed by atoms with Crippen LogP contribution < -0.4 is 0 Å². The summed E-state index contributed by atoms with van der Waals surface area (Å²) in [4.78, 5) is 8.01. The molecule has 0 spiro atoms. The number of nitrogens with zero attached hydrogens (tertiary/aromatic N) is 3. The van der Waals surface area contributed by atoms with Crippen molar-refractivity contribution in [3.05, 3.63) is 35.1 Å². The van der Waals surface area contributed by atoms with Crippen LogP contribution in [0.25, 0.3) is 10.6 Å². The number of thiazole rings is 1. The zero-order valence-electron chi connectivity index (χ0n) is 12.6. The molecule has 124 valence electrons. The third-order valence-corrected chi connectivity index (χ3v) is 4.95. The molecule has 0 radical (unpaired) electrons. The van der Waals surface area contributed by atoms with Crippen LogP contribution in [0.5, 0.6) is 0 Å². The first-order chi connectivity index (χ1) is 10.6. The molecule has 0 aromatic carbocycles. The van der Waals surface area contributed by atoms with E-state index in [1.54, 1.807) is 20.8 Å². The Balaban J connectivity index is 2.23. The maximum atomic E-state index is 12.7. The molecule has 23 heavy (non-hydrogen) atoms. The van der Waals surface area contributed by atoms with E-state index in [1.165, 1.54) is 29.8 Å². The average Bonchev–Trinajstić information content (AvgIpc) is 2.92. The van der Waals surface area contributed by atoms with Crippen molar-refractivity contribution < 1.29 is 17.4 Å². The Morgan fingerprint density at radius 1 is 1.26 bits per heavy atom. The summed E-state index contributed by atoms with van der Waals surface area (Å²) in [5, 5.41) is 0.417. The first-order valence-corrected chi connectivity index (χ1v) is 8.45. The highest BCUT2D eigenvalue weighted by Gasteiger charge is 2.32. The normalized spacial score (nSPS) is 14.3. The number of hydrogen-bond acceptors (Lipinski definition) is 4. The molecule has 2 rings (SSSR count). The fourth-order valence-electron chi connectivity index (χ4n) is 1.46. The van der Waals surface area contributed by atoms with Gasteiger partial charge in [-0.3, -0.25) is 4.98 Å². The molecule has 0 saturated carbocycles. The Kier molecular flexibility index (Phi) is 5.00. The Labute approximate surface area is 138 Å². The van der Waals surface area contributed by atoms with Crippen LogP contribution in [0.15, 0.2) is 28.9 Å². The van der Waals surface area contributed by atoms with Gasteiger partial charge in [0.05, 0.1) is 15.8 Å². The molecule has 0 aliphatic rings. The van der Waals surface area contributed by atoms with Gasteiger partial charge in [-0.25, -0.2) is 9.19 Å². The van der Waals surface area contributed by atoms with Gasteiger partial charge in [-0.2, -0.15) is 17.6 Å². The Morgan fingerprint density at radius 2 is 1.96 bits per heavy atom. The van der Waals surface area contributed by atoms with Crippen LogP contribution in [0.4, 0.5) is 13.2 Å². The lowest BCUT2D eigenvalue weighted by Crippen LogP contribution is -2.19. The van der Waals surface area contributed by atoms with Crippen LogP contribution >= 0.6 is 11.3 Å². The third-order valence-electron chi connectivity index (χ3n) is 2.62. The van der Waals surface area contributed by atoms with Crippen molar-refractivity contribution >= 4 is 28.5 Å². The van der Waals surface area contributed by atoms with Gasteiger partial charge in [0.2, 0.25) is 0 Å². The molecule has 0 aliphatic heterocycles. The summed E-state index contributed by atoms with van der Waals surface area (Å²) in [6.45, 7) is 5.40. The van der Waals surface area contributed by atoms with E-state index >= 15 is 0 Å². The molecule has 0 saturated heterocycles. The minimum Gasteiger partial charge on any atom is -0.252 e. The summed E-state index contributed by atoms with van der Waals surface area (Å²) >= 11 is 1.17. The van der Waals surface area contributed by atoms with E-state index in [-0.39, 0.29) is 0 Å². The van der Waals surface area contributed by atoms with Crippen LogP contribution in [0.1, 0.15) is 31.3 Å². The number of alkyl halides is 3. The topological polar surface area (TPSA) is 55.2 Å². The van der Waals surface area contributed by atoms with Crippen molar-refractivity contribution in [3.63, 3.8) is 0 Å². The Hall–Kier alpha value is -1.61. The molecule has 4 nitrogen and oxygen atoms in total. The molecule has 9 heteroatoms. The maximum absolute atomic E-state index is 12.7. The molecular weight excluding hydrogens is 347 g/mol. The number of rotatable bonds is 3. The molecule has 0 fully saturated rings. The first-order valence-electron chi connectivity index (χ1n) is 6.53. The molecule has 0 aliphatic carbocycles. The Morgan fingerprint density at radius 3 is 2.57 bits per heavy atom. The van der Waals surface area contributed by atoms with Gasteiger partial charge in [0.25, 0.3) is 0 Å². The standard InChI is InChI=1S/C14H14F3N3OS2/c1-13(2,3)23(21)20-8-10-7-19-12(22-10)9-4-5-18-11(6-9)14(15,16)17/h4-8H,1-3H3. The number of pyridine rings is 1. The van der Waals surface area contributed by atoms with Gasteiger partial charge >= 0.3 is 6.18 Å².